The molecule has 2 aromatic rings. The third kappa shape index (κ3) is 4.31. The zero-order valence-electron chi connectivity index (χ0n) is 15.9. The molecule has 1 amide bonds. The van der Waals surface area contributed by atoms with Crippen molar-refractivity contribution in [2.24, 2.45) is 10.4 Å². The molecule has 1 heterocycles. The first-order chi connectivity index (χ1) is 12.4. The van der Waals surface area contributed by atoms with Crippen LogP contribution in [0.3, 0.4) is 0 Å². The van der Waals surface area contributed by atoms with Crippen LogP contribution in [0, 0.1) is 5.41 Å². The quantitative estimate of drug-likeness (QED) is 0.843. The zero-order chi connectivity index (χ0) is 18.7. The summed E-state index contributed by atoms with van der Waals surface area (Å²) in [6, 6.07) is 13.7. The molecule has 0 radical (unpaired) electrons. The Labute approximate surface area is 155 Å². The number of ether oxygens (including phenoxy) is 1. The normalized spacial score (nSPS) is 14.0. The molecule has 1 N–H and O–H groups in total. The summed E-state index contributed by atoms with van der Waals surface area (Å²) in [5.41, 5.74) is 4.13. The van der Waals surface area contributed by atoms with Crippen molar-refractivity contribution >= 4 is 17.8 Å². The second-order valence-corrected chi connectivity index (χ2v) is 7.96. The van der Waals surface area contributed by atoms with Crippen molar-refractivity contribution in [3.05, 3.63) is 59.2 Å². The van der Waals surface area contributed by atoms with Crippen LogP contribution >= 0.6 is 0 Å². The fourth-order valence-electron chi connectivity index (χ4n) is 3.22. The summed E-state index contributed by atoms with van der Waals surface area (Å²) in [6.45, 7) is 7.19. The molecule has 1 aliphatic rings. The van der Waals surface area contributed by atoms with Crippen LogP contribution in [0.4, 0.5) is 5.69 Å². The minimum Gasteiger partial charge on any atom is -0.497 e. The molecule has 1 unspecified atom stereocenters. The molecule has 0 aromatic heterocycles. The van der Waals surface area contributed by atoms with E-state index in [4.69, 9.17) is 4.74 Å². The predicted octanol–water partition coefficient (Wildman–Crippen LogP) is 4.79. The van der Waals surface area contributed by atoms with Gasteiger partial charge in [-0.05, 0) is 52.8 Å². The number of carbonyl (C=O) groups is 1. The van der Waals surface area contributed by atoms with E-state index in [-0.39, 0.29) is 17.2 Å². The Balaban J connectivity index is 1.83. The van der Waals surface area contributed by atoms with Gasteiger partial charge in [-0.3, -0.25) is 9.79 Å². The van der Waals surface area contributed by atoms with Gasteiger partial charge < -0.3 is 10.1 Å². The molecule has 0 fully saturated rings. The van der Waals surface area contributed by atoms with Gasteiger partial charge in [-0.25, -0.2) is 0 Å². The van der Waals surface area contributed by atoms with E-state index in [1.807, 2.05) is 48.7 Å². The number of carbonyl (C=O) groups excluding carboxylic acids is 1. The van der Waals surface area contributed by atoms with Crippen LogP contribution in [0.1, 0.15) is 49.8 Å². The van der Waals surface area contributed by atoms with Crippen molar-refractivity contribution in [3.63, 3.8) is 0 Å². The van der Waals surface area contributed by atoms with Crippen molar-refractivity contribution in [1.82, 2.24) is 0 Å². The van der Waals surface area contributed by atoms with E-state index in [0.717, 1.165) is 35.5 Å². The summed E-state index contributed by atoms with van der Waals surface area (Å²) in [4.78, 5) is 17.3. The van der Waals surface area contributed by atoms with E-state index < -0.39 is 0 Å². The molecule has 136 valence electrons. The smallest absolute Gasteiger partial charge is 0.231 e. The molecule has 0 saturated carbocycles. The van der Waals surface area contributed by atoms with Crippen molar-refractivity contribution in [2.45, 2.75) is 39.7 Å². The highest BCUT2D eigenvalue weighted by molar-refractivity contribution is 5.97. The van der Waals surface area contributed by atoms with Crippen LogP contribution in [0.15, 0.2) is 47.5 Å². The van der Waals surface area contributed by atoms with Gasteiger partial charge in [-0.1, -0.05) is 39.0 Å². The molecule has 0 aliphatic carbocycles. The maximum Gasteiger partial charge on any atom is 0.231 e. The lowest BCUT2D eigenvalue weighted by Gasteiger charge is -2.26. The van der Waals surface area contributed by atoms with E-state index in [1.54, 1.807) is 7.11 Å². The molecule has 0 spiro atoms. The molecule has 0 saturated heterocycles. The minimum absolute atomic E-state index is 0.0139. The maximum absolute atomic E-state index is 13.1. The van der Waals surface area contributed by atoms with Gasteiger partial charge in [-0.2, -0.15) is 0 Å². The number of rotatable bonds is 5. The van der Waals surface area contributed by atoms with Crippen LogP contribution in [0.25, 0.3) is 0 Å². The summed E-state index contributed by atoms with van der Waals surface area (Å²) < 4.78 is 5.24. The molecule has 2 aromatic carbocycles. The summed E-state index contributed by atoms with van der Waals surface area (Å²) >= 11 is 0. The highest BCUT2D eigenvalue weighted by Crippen LogP contribution is 2.33. The number of amides is 1. The first kappa shape index (κ1) is 18.2. The lowest BCUT2D eigenvalue weighted by Crippen LogP contribution is -2.25. The maximum atomic E-state index is 13.1. The van der Waals surface area contributed by atoms with Gasteiger partial charge in [0.15, 0.2) is 0 Å². The van der Waals surface area contributed by atoms with Crippen molar-refractivity contribution in [3.8, 4) is 5.75 Å². The lowest BCUT2D eigenvalue weighted by molar-refractivity contribution is -0.118. The van der Waals surface area contributed by atoms with E-state index in [2.05, 4.69) is 31.1 Å². The molecule has 1 aliphatic heterocycles. The number of methoxy groups -OCH3 is 1. The Hall–Kier alpha value is -2.62. The number of anilines is 1. The largest absolute Gasteiger partial charge is 0.497 e. The predicted molar refractivity (Wildman–Crippen MR) is 106 cm³/mol. The number of nitrogens with zero attached hydrogens (tertiary/aromatic N) is 1. The van der Waals surface area contributed by atoms with E-state index >= 15 is 0 Å². The Morgan fingerprint density at radius 3 is 2.58 bits per heavy atom. The van der Waals surface area contributed by atoms with Crippen LogP contribution in [-0.4, -0.2) is 19.2 Å². The molecule has 0 bridgehead atoms. The standard InChI is InChI=1S/C22H26N2O2/c1-22(2,3)12-20(15-6-9-19(26-4)10-7-15)21(25)24-18-8-5-16-13-23-14-17(16)11-18/h5-11,14,20H,12-13H2,1-4H3,(H,24,25). The first-order valence-corrected chi connectivity index (χ1v) is 8.93. The Morgan fingerprint density at radius 2 is 1.92 bits per heavy atom. The fraction of sp³-hybridized carbons (Fsp3) is 0.364. The van der Waals surface area contributed by atoms with Gasteiger partial charge in [0.25, 0.3) is 0 Å². The minimum atomic E-state index is -0.220. The third-order valence-corrected chi connectivity index (χ3v) is 4.56. The van der Waals surface area contributed by atoms with Crippen molar-refractivity contribution in [1.29, 1.82) is 0 Å². The molecule has 4 heteroatoms. The number of hydrogen-bond donors (Lipinski definition) is 1. The van der Waals surface area contributed by atoms with Crippen LogP contribution < -0.4 is 10.1 Å². The molecular weight excluding hydrogens is 324 g/mol. The highest BCUT2D eigenvalue weighted by atomic mass is 16.5. The van der Waals surface area contributed by atoms with Crippen LogP contribution in [-0.2, 0) is 11.3 Å². The van der Waals surface area contributed by atoms with Crippen molar-refractivity contribution < 1.29 is 9.53 Å². The topological polar surface area (TPSA) is 50.7 Å². The Bertz CT molecular complexity index is 817. The average Bonchev–Trinajstić information content (AvgIpc) is 3.07. The van der Waals surface area contributed by atoms with Gasteiger partial charge in [-0.15, -0.1) is 0 Å². The lowest BCUT2D eigenvalue weighted by atomic mass is 9.81. The number of hydrogen-bond acceptors (Lipinski definition) is 3. The summed E-state index contributed by atoms with van der Waals surface area (Å²) in [7, 11) is 1.64. The fourth-order valence-corrected chi connectivity index (χ4v) is 3.22. The number of benzene rings is 2. The average molecular weight is 350 g/mol. The Morgan fingerprint density at radius 1 is 1.19 bits per heavy atom. The molecule has 4 nitrogen and oxygen atoms in total. The monoisotopic (exact) mass is 350 g/mol. The third-order valence-electron chi connectivity index (χ3n) is 4.56. The van der Waals surface area contributed by atoms with Gasteiger partial charge in [0.1, 0.15) is 5.75 Å². The second kappa shape index (κ2) is 7.32. The van der Waals surface area contributed by atoms with Crippen LogP contribution in [0.2, 0.25) is 0 Å². The van der Waals surface area contributed by atoms with E-state index in [9.17, 15) is 4.79 Å². The molecule has 3 rings (SSSR count). The molecule has 1 atom stereocenters. The number of nitrogens with one attached hydrogen (secondary N) is 1. The van der Waals surface area contributed by atoms with Crippen LogP contribution in [0.5, 0.6) is 5.75 Å². The summed E-state index contributed by atoms with van der Waals surface area (Å²) in [5, 5.41) is 3.09. The molecular formula is C22H26N2O2. The Kier molecular flexibility index (Phi) is 5.12. The second-order valence-electron chi connectivity index (χ2n) is 7.96. The zero-order valence-corrected chi connectivity index (χ0v) is 15.9. The van der Waals surface area contributed by atoms with Crippen molar-refractivity contribution in [2.75, 3.05) is 12.4 Å². The van der Waals surface area contributed by atoms with Gasteiger partial charge in [0.2, 0.25) is 5.91 Å². The summed E-state index contributed by atoms with van der Waals surface area (Å²) in [6.07, 6.45) is 2.62. The number of fused-ring (bicyclic) bond motifs is 1. The number of aliphatic imine (C=N–C) groups is 1. The van der Waals surface area contributed by atoms with E-state index in [0.29, 0.717) is 0 Å². The van der Waals surface area contributed by atoms with Gasteiger partial charge in [0, 0.05) is 11.9 Å². The SMILES string of the molecule is COc1ccc(C(CC(C)(C)C)C(=O)Nc2ccc3c(c2)C=NC3)cc1. The highest BCUT2D eigenvalue weighted by Gasteiger charge is 2.27. The van der Waals surface area contributed by atoms with Gasteiger partial charge >= 0.3 is 0 Å². The first-order valence-electron chi connectivity index (χ1n) is 8.93. The summed E-state index contributed by atoms with van der Waals surface area (Å²) in [5.74, 6) is 0.587. The van der Waals surface area contributed by atoms with Gasteiger partial charge in [0.05, 0.1) is 19.6 Å². The van der Waals surface area contributed by atoms with E-state index in [1.165, 1.54) is 5.56 Å². The molecule has 26 heavy (non-hydrogen) atoms.